The average Bonchev–Trinajstić information content (AvgIpc) is 2.13. The van der Waals surface area contributed by atoms with Crippen LogP contribution < -0.4 is 10.5 Å². The number of esters is 1. The minimum Gasteiger partial charge on any atom is -0.468 e. The molecule has 6 nitrogen and oxygen atoms in total. The van der Waals surface area contributed by atoms with Crippen molar-refractivity contribution < 1.29 is 17.9 Å². The number of methoxy groups -OCH3 is 1. The fourth-order valence-electron chi connectivity index (χ4n) is 1.69. The lowest BCUT2D eigenvalue weighted by Crippen LogP contribution is -2.66. The molecule has 1 saturated carbocycles. The van der Waals surface area contributed by atoms with Crippen molar-refractivity contribution in [1.29, 1.82) is 0 Å². The Morgan fingerprint density at radius 2 is 2.13 bits per heavy atom. The van der Waals surface area contributed by atoms with E-state index in [2.05, 4.69) is 9.46 Å². The number of sulfonamides is 1. The number of carbonyl (C=O) groups is 1. The molecule has 0 spiro atoms. The van der Waals surface area contributed by atoms with Crippen LogP contribution in [0.4, 0.5) is 0 Å². The molecule has 0 unspecified atom stereocenters. The van der Waals surface area contributed by atoms with E-state index in [4.69, 9.17) is 5.73 Å². The molecule has 1 aliphatic rings. The Morgan fingerprint density at radius 1 is 1.60 bits per heavy atom. The molecule has 0 aromatic rings. The molecule has 3 N–H and O–H groups in total. The molecular weight excluding hydrogens is 220 g/mol. The molecule has 7 heteroatoms. The summed E-state index contributed by atoms with van der Waals surface area (Å²) in [6.45, 7) is 1.51. The van der Waals surface area contributed by atoms with E-state index in [0.29, 0.717) is 12.8 Å². The first-order valence-corrected chi connectivity index (χ1v) is 6.36. The summed E-state index contributed by atoms with van der Waals surface area (Å²) < 4.78 is 29.7. The maximum Gasteiger partial charge on any atom is 0.327 e. The highest BCUT2D eigenvalue weighted by atomic mass is 32.2. The van der Waals surface area contributed by atoms with Crippen molar-refractivity contribution in [3.63, 3.8) is 0 Å². The molecule has 0 bridgehead atoms. The second kappa shape index (κ2) is 4.07. The Morgan fingerprint density at radius 3 is 2.47 bits per heavy atom. The lowest BCUT2D eigenvalue weighted by atomic mass is 9.74. The molecule has 0 aromatic carbocycles. The van der Waals surface area contributed by atoms with Crippen LogP contribution in [0.3, 0.4) is 0 Å². The highest BCUT2D eigenvalue weighted by Crippen LogP contribution is 2.32. The van der Waals surface area contributed by atoms with Gasteiger partial charge in [0, 0.05) is 6.04 Å². The van der Waals surface area contributed by atoms with Crippen LogP contribution in [0, 0.1) is 0 Å². The van der Waals surface area contributed by atoms with Crippen LogP contribution >= 0.6 is 0 Å². The summed E-state index contributed by atoms with van der Waals surface area (Å²) in [6.07, 6.45) is 0.581. The monoisotopic (exact) mass is 236 g/mol. The summed E-state index contributed by atoms with van der Waals surface area (Å²) in [5.41, 5.74) is 4.43. The van der Waals surface area contributed by atoms with E-state index in [-0.39, 0.29) is 11.8 Å². The number of ether oxygens (including phenoxy) is 1. The van der Waals surface area contributed by atoms with E-state index in [1.807, 2.05) is 0 Å². The summed E-state index contributed by atoms with van der Waals surface area (Å²) >= 11 is 0. The van der Waals surface area contributed by atoms with Crippen LogP contribution in [0.1, 0.15) is 19.8 Å². The van der Waals surface area contributed by atoms with Crippen molar-refractivity contribution in [2.75, 3.05) is 12.9 Å². The van der Waals surface area contributed by atoms with Crippen molar-refractivity contribution >= 4 is 16.0 Å². The van der Waals surface area contributed by atoms with Gasteiger partial charge in [-0.25, -0.2) is 8.42 Å². The fraction of sp³-hybridized carbons (Fsp3) is 0.875. The lowest BCUT2D eigenvalue weighted by Gasteiger charge is -2.43. The normalized spacial score (nSPS) is 30.7. The van der Waals surface area contributed by atoms with Crippen LogP contribution in [0.15, 0.2) is 0 Å². The molecule has 0 radical (unpaired) electrons. The van der Waals surface area contributed by atoms with Gasteiger partial charge in [-0.3, -0.25) is 4.79 Å². The smallest absolute Gasteiger partial charge is 0.327 e. The molecule has 1 rings (SSSR count). The van der Waals surface area contributed by atoms with Crippen molar-refractivity contribution in [2.45, 2.75) is 31.3 Å². The van der Waals surface area contributed by atoms with E-state index < -0.39 is 21.5 Å². The summed E-state index contributed by atoms with van der Waals surface area (Å²) in [7, 11) is -2.19. The number of carbonyl (C=O) groups excluding carboxylic acids is 1. The van der Waals surface area contributed by atoms with Gasteiger partial charge in [0.05, 0.1) is 12.9 Å². The highest BCUT2D eigenvalue weighted by Gasteiger charge is 2.52. The topological polar surface area (TPSA) is 98.5 Å². The minimum absolute atomic E-state index is 0.0685. The van der Waals surface area contributed by atoms with Crippen molar-refractivity contribution in [3.8, 4) is 0 Å². The molecule has 88 valence electrons. The Kier molecular flexibility index (Phi) is 3.37. The first-order chi connectivity index (χ1) is 6.85. The van der Waals surface area contributed by atoms with E-state index in [1.165, 1.54) is 14.0 Å². The molecule has 0 aliphatic heterocycles. The van der Waals surface area contributed by atoms with Gasteiger partial charge in [0.2, 0.25) is 10.0 Å². The van der Waals surface area contributed by atoms with Gasteiger partial charge in [-0.1, -0.05) is 0 Å². The number of hydrogen-bond donors (Lipinski definition) is 2. The molecule has 15 heavy (non-hydrogen) atoms. The predicted octanol–water partition coefficient (Wildman–Crippen LogP) is -1.04. The van der Waals surface area contributed by atoms with Crippen molar-refractivity contribution in [2.24, 2.45) is 5.73 Å². The Hall–Kier alpha value is -0.660. The quantitative estimate of drug-likeness (QED) is 0.607. The zero-order valence-corrected chi connectivity index (χ0v) is 9.63. The molecule has 1 aliphatic carbocycles. The number of nitrogens with two attached hydrogens (primary N) is 1. The second-order valence-corrected chi connectivity index (χ2v) is 5.76. The zero-order chi connectivity index (χ0) is 11.7. The van der Waals surface area contributed by atoms with Crippen LogP contribution in [0.2, 0.25) is 0 Å². The Bertz CT molecular complexity index is 346. The lowest BCUT2D eigenvalue weighted by molar-refractivity contribution is -0.152. The third-order valence-electron chi connectivity index (χ3n) is 2.53. The third kappa shape index (κ3) is 2.47. The molecule has 0 aromatic heterocycles. The fourth-order valence-corrected chi connectivity index (χ4v) is 2.68. The number of nitrogens with one attached hydrogen (secondary N) is 1. The molecule has 1 fully saturated rings. The SMILES string of the molecule is CCS(=O)(=O)NC1(C(=O)OC)CC(N)C1. The van der Waals surface area contributed by atoms with Crippen molar-refractivity contribution in [1.82, 2.24) is 4.72 Å². The molecular formula is C8H16N2O4S. The van der Waals surface area contributed by atoms with Gasteiger partial charge in [-0.05, 0) is 19.8 Å². The second-order valence-electron chi connectivity index (χ2n) is 3.75. The van der Waals surface area contributed by atoms with Gasteiger partial charge in [0.1, 0.15) is 5.54 Å². The summed E-state index contributed by atoms with van der Waals surface area (Å²) in [5, 5.41) is 0. The van der Waals surface area contributed by atoms with Crippen LogP contribution in [-0.4, -0.2) is 38.8 Å². The number of rotatable bonds is 4. The predicted molar refractivity (Wildman–Crippen MR) is 54.6 cm³/mol. The van der Waals surface area contributed by atoms with Gasteiger partial charge in [-0.2, -0.15) is 4.72 Å². The molecule has 0 saturated heterocycles. The maximum absolute atomic E-state index is 11.5. The van der Waals surface area contributed by atoms with Gasteiger partial charge >= 0.3 is 5.97 Å². The zero-order valence-electron chi connectivity index (χ0n) is 8.82. The Balaban J connectivity index is 2.81. The van der Waals surface area contributed by atoms with Gasteiger partial charge in [0.15, 0.2) is 0 Å². The standard InChI is InChI=1S/C8H16N2O4S/c1-3-15(12,13)10-8(7(11)14-2)4-6(9)5-8/h6,10H,3-5,9H2,1-2H3. The van der Waals surface area contributed by atoms with Crippen LogP contribution in [0.5, 0.6) is 0 Å². The highest BCUT2D eigenvalue weighted by molar-refractivity contribution is 7.89. The largest absolute Gasteiger partial charge is 0.468 e. The first-order valence-electron chi connectivity index (χ1n) is 4.71. The molecule has 0 amide bonds. The van der Waals surface area contributed by atoms with E-state index in [9.17, 15) is 13.2 Å². The molecule has 0 atom stereocenters. The summed E-state index contributed by atoms with van der Waals surface area (Å²) in [6, 6.07) is -0.149. The van der Waals surface area contributed by atoms with Gasteiger partial charge in [-0.15, -0.1) is 0 Å². The molecule has 0 heterocycles. The van der Waals surface area contributed by atoms with Gasteiger partial charge in [0.25, 0.3) is 0 Å². The van der Waals surface area contributed by atoms with E-state index in [1.54, 1.807) is 0 Å². The maximum atomic E-state index is 11.5. The van der Waals surface area contributed by atoms with Crippen molar-refractivity contribution in [3.05, 3.63) is 0 Å². The van der Waals surface area contributed by atoms with Crippen LogP contribution in [-0.2, 0) is 19.6 Å². The Labute approximate surface area is 89.2 Å². The number of hydrogen-bond acceptors (Lipinski definition) is 5. The minimum atomic E-state index is -3.42. The summed E-state index contributed by atoms with van der Waals surface area (Å²) in [5.74, 6) is -0.637. The van der Waals surface area contributed by atoms with Gasteiger partial charge < -0.3 is 10.5 Å². The average molecular weight is 236 g/mol. The van der Waals surface area contributed by atoms with E-state index >= 15 is 0 Å². The first kappa shape index (κ1) is 12.4. The summed E-state index contributed by atoms with van der Waals surface area (Å²) in [4.78, 5) is 11.5. The third-order valence-corrected chi connectivity index (χ3v) is 3.99. The van der Waals surface area contributed by atoms with Crippen LogP contribution in [0.25, 0.3) is 0 Å². The van der Waals surface area contributed by atoms with E-state index in [0.717, 1.165) is 0 Å².